The van der Waals surface area contributed by atoms with Crippen molar-refractivity contribution in [2.75, 3.05) is 0 Å². The molecule has 0 fully saturated rings. The van der Waals surface area contributed by atoms with Gasteiger partial charge in [-0.05, 0) is 170 Å². The Hall–Kier alpha value is -15.6. The summed E-state index contributed by atoms with van der Waals surface area (Å²) in [6.07, 6.45) is 7.35. The summed E-state index contributed by atoms with van der Waals surface area (Å²) in [5.41, 5.74) is 37.6. The lowest BCUT2D eigenvalue weighted by molar-refractivity contribution is 0.660. The molecule has 3 aliphatic rings. The molecule has 0 N–H and O–H groups in total. The van der Waals surface area contributed by atoms with Crippen LogP contribution < -0.4 is 0 Å². The van der Waals surface area contributed by atoms with Crippen molar-refractivity contribution >= 4 is 21.5 Å². The molecule has 594 valence electrons. The van der Waals surface area contributed by atoms with E-state index in [0.29, 0.717) is 11.6 Å². The second kappa shape index (κ2) is 31.7. The lowest BCUT2D eigenvalue weighted by Crippen LogP contribution is -2.15. The minimum absolute atomic E-state index is 0.0213. The van der Waals surface area contributed by atoms with Gasteiger partial charge in [-0.2, -0.15) is 0 Å². The van der Waals surface area contributed by atoms with E-state index < -0.39 is 0 Å². The zero-order valence-electron chi connectivity index (χ0n) is 70.3. The Morgan fingerprint density at radius 1 is 0.184 bits per heavy atom. The van der Waals surface area contributed by atoms with Crippen LogP contribution in [0.2, 0.25) is 0 Å². The zero-order valence-corrected chi connectivity index (χ0v) is 70.3. The molecule has 0 aliphatic heterocycles. The van der Waals surface area contributed by atoms with Crippen LogP contribution >= 0.6 is 0 Å². The molecule has 0 radical (unpaired) electrons. The fraction of sp³-hybridized carbons (Fsp3) is 0.0769. The highest BCUT2D eigenvalue weighted by Crippen LogP contribution is 2.55. The van der Waals surface area contributed by atoms with Crippen LogP contribution in [0, 0.1) is 0 Å². The number of nitrogens with zero attached hydrogens (tertiary/aromatic N) is 8. The molecule has 125 heavy (non-hydrogen) atoms. The summed E-state index contributed by atoms with van der Waals surface area (Å²) in [4.78, 5) is 39.0. The summed E-state index contributed by atoms with van der Waals surface area (Å²) in [6.45, 7) is 14.0. The number of pyridine rings is 2. The van der Waals surface area contributed by atoms with E-state index in [1.165, 1.54) is 99.4 Å². The first-order valence-electron chi connectivity index (χ1n) is 42.8. The second-order valence-corrected chi connectivity index (χ2v) is 34.2. The molecule has 8 heteroatoms. The SMILES string of the molecule is CC1(C)c2cc(-c3cc(-c4ccccc4)nc(-c4ccc(-c5ccccc5)cc4)n3)ccc2-c2ccc3ccccc3c21.CC1(C)c2cc(-c3cc(-c4ccccc4)nc(-c4ccc(-c5cccnc5)cc4)n3)ccc2-c2c1ccc1ccccc21.CC1(C)c2ccccc2-c2cc(-c3cc(-c4ccccc4)nc(-c4ccc(-c5cccnc5)cc4)n3)ccc21. The van der Waals surface area contributed by atoms with E-state index in [0.717, 1.165) is 112 Å². The largest absolute Gasteiger partial charge is 0.264 e. The van der Waals surface area contributed by atoms with Gasteiger partial charge >= 0.3 is 0 Å². The Bertz CT molecular complexity index is 7480. The van der Waals surface area contributed by atoms with Crippen molar-refractivity contribution < 1.29 is 0 Å². The standard InChI is InChI=1S/C41H30N2.C40H29N3.C36H27N3/c1-41(2)36-25-32(22-23-34(36)35-24-21-29-13-9-10-16-33(29)39(35)41)38-26-37(30-14-7-4-8-15-30)42-40(43-38)31-19-17-28(18-20-31)27-11-5-3-6-12-27;1-40(2)34-21-19-27-9-6-7-13-32(27)38(34)33-20-18-30(23-35(33)40)37-24-36(28-10-4-3-5-11-28)42-39(43-37)29-16-14-26(15-17-29)31-12-8-22-41-25-31;1-36(2)31-13-7-6-12-29(31)30-21-27(18-19-32(30)36)34-22-33(25-9-4-3-5-10-25)38-35(39-34)26-16-14-24(15-17-26)28-11-8-20-37-23-28/h3-26H,1-2H3;3-25H,1-2H3;3-23H,1-2H3. The van der Waals surface area contributed by atoms with E-state index in [1.807, 2.05) is 60.9 Å². The molecular weight excluding hydrogens is 1520 g/mol. The third kappa shape index (κ3) is 14.3. The number of hydrogen-bond donors (Lipinski definition) is 0. The van der Waals surface area contributed by atoms with E-state index in [1.54, 1.807) is 12.4 Å². The fourth-order valence-corrected chi connectivity index (χ4v) is 18.9. The van der Waals surface area contributed by atoms with Gasteiger partial charge in [-0.15, -0.1) is 0 Å². The summed E-state index contributed by atoms with van der Waals surface area (Å²) in [5.74, 6) is 2.15. The number of fused-ring (bicyclic) bond motifs is 13. The van der Waals surface area contributed by atoms with E-state index in [2.05, 4.69) is 391 Å². The maximum absolute atomic E-state index is 5.16. The first-order chi connectivity index (χ1) is 61.2. The second-order valence-electron chi connectivity index (χ2n) is 34.2. The topological polar surface area (TPSA) is 103 Å². The van der Waals surface area contributed by atoms with Crippen molar-refractivity contribution in [3.05, 3.63) is 446 Å². The highest BCUT2D eigenvalue weighted by Gasteiger charge is 2.40. The van der Waals surface area contributed by atoms with Crippen LogP contribution in [0.1, 0.15) is 74.9 Å². The van der Waals surface area contributed by atoms with Gasteiger partial charge in [0.25, 0.3) is 0 Å². The molecule has 5 aromatic heterocycles. The lowest BCUT2D eigenvalue weighted by atomic mass is 9.80. The van der Waals surface area contributed by atoms with Gasteiger partial charge in [-0.3, -0.25) is 9.97 Å². The van der Waals surface area contributed by atoms with Gasteiger partial charge in [-0.25, -0.2) is 29.9 Å². The van der Waals surface area contributed by atoms with Crippen LogP contribution in [0.4, 0.5) is 0 Å². The van der Waals surface area contributed by atoms with Gasteiger partial charge in [0.05, 0.1) is 34.2 Å². The Morgan fingerprint density at radius 2 is 0.504 bits per heavy atom. The molecule has 0 saturated carbocycles. The Morgan fingerprint density at radius 3 is 0.992 bits per heavy atom. The van der Waals surface area contributed by atoms with Gasteiger partial charge in [0, 0.05) is 91.1 Å². The molecule has 20 aromatic rings. The highest BCUT2D eigenvalue weighted by molar-refractivity contribution is 6.03. The third-order valence-electron chi connectivity index (χ3n) is 25.5. The normalized spacial score (nSPS) is 13.1. The lowest BCUT2D eigenvalue weighted by Gasteiger charge is -2.23. The smallest absolute Gasteiger partial charge is 0.160 e. The van der Waals surface area contributed by atoms with E-state index in [-0.39, 0.29) is 16.2 Å². The van der Waals surface area contributed by atoms with Crippen LogP contribution in [-0.4, -0.2) is 39.9 Å². The third-order valence-corrected chi connectivity index (χ3v) is 25.5. The molecule has 0 bridgehead atoms. The molecule has 0 amide bonds. The Balaban J connectivity index is 0.000000115. The summed E-state index contributed by atoms with van der Waals surface area (Å²) in [7, 11) is 0. The summed E-state index contributed by atoms with van der Waals surface area (Å²) >= 11 is 0. The van der Waals surface area contributed by atoms with Gasteiger partial charge in [0.2, 0.25) is 0 Å². The molecule has 5 heterocycles. The van der Waals surface area contributed by atoms with Gasteiger partial charge in [-0.1, -0.05) is 381 Å². The molecule has 0 spiro atoms. The van der Waals surface area contributed by atoms with E-state index in [4.69, 9.17) is 29.9 Å². The average molecular weight is 1600 g/mol. The summed E-state index contributed by atoms with van der Waals surface area (Å²) in [5, 5.41) is 5.20. The number of rotatable bonds is 12. The first-order valence-corrected chi connectivity index (χ1v) is 42.8. The van der Waals surface area contributed by atoms with Crippen molar-refractivity contribution in [3.8, 4) is 168 Å². The predicted molar refractivity (Wildman–Crippen MR) is 515 cm³/mol. The molecule has 8 nitrogen and oxygen atoms in total. The molecule has 15 aromatic carbocycles. The maximum atomic E-state index is 5.16. The van der Waals surface area contributed by atoms with E-state index in [9.17, 15) is 0 Å². The summed E-state index contributed by atoms with van der Waals surface area (Å²) in [6, 6.07) is 137. The van der Waals surface area contributed by atoms with Crippen molar-refractivity contribution in [2.45, 2.75) is 57.8 Å². The van der Waals surface area contributed by atoms with Crippen molar-refractivity contribution in [3.63, 3.8) is 0 Å². The quantitative estimate of drug-likeness (QED) is 0.119. The maximum Gasteiger partial charge on any atom is 0.160 e. The van der Waals surface area contributed by atoms with E-state index >= 15 is 0 Å². The van der Waals surface area contributed by atoms with Gasteiger partial charge < -0.3 is 0 Å². The Labute approximate surface area is 729 Å². The number of hydrogen-bond acceptors (Lipinski definition) is 8. The van der Waals surface area contributed by atoms with Crippen LogP contribution in [0.25, 0.3) is 190 Å². The predicted octanol–water partition coefficient (Wildman–Crippen LogP) is 29.4. The zero-order chi connectivity index (χ0) is 84.3. The van der Waals surface area contributed by atoms with Crippen LogP contribution in [-0.2, 0) is 16.2 Å². The minimum atomic E-state index is -0.132. The van der Waals surface area contributed by atoms with Crippen molar-refractivity contribution in [2.24, 2.45) is 0 Å². The van der Waals surface area contributed by atoms with Crippen molar-refractivity contribution in [1.82, 2.24) is 39.9 Å². The molecule has 23 rings (SSSR count). The molecule has 0 unspecified atom stereocenters. The van der Waals surface area contributed by atoms with Gasteiger partial charge in [0.15, 0.2) is 17.5 Å². The van der Waals surface area contributed by atoms with Gasteiger partial charge in [0.1, 0.15) is 0 Å². The average Bonchev–Trinajstić information content (AvgIpc) is 1.57. The fourth-order valence-electron chi connectivity index (χ4n) is 18.9. The molecule has 3 aliphatic carbocycles. The van der Waals surface area contributed by atoms with Crippen LogP contribution in [0.15, 0.2) is 413 Å². The van der Waals surface area contributed by atoms with Crippen molar-refractivity contribution in [1.29, 1.82) is 0 Å². The monoisotopic (exact) mass is 1600 g/mol. The molecular formula is C117H86N8. The van der Waals surface area contributed by atoms with Crippen LogP contribution in [0.5, 0.6) is 0 Å². The first kappa shape index (κ1) is 76.7. The number of benzene rings is 15. The molecule has 0 atom stereocenters. The Kier molecular flexibility index (Phi) is 19.5. The summed E-state index contributed by atoms with van der Waals surface area (Å²) < 4.78 is 0. The highest BCUT2D eigenvalue weighted by atomic mass is 14.9. The van der Waals surface area contributed by atoms with Crippen LogP contribution in [0.3, 0.4) is 0 Å². The number of aromatic nitrogens is 8. The molecule has 0 saturated heterocycles. The minimum Gasteiger partial charge on any atom is -0.264 e.